The molecule has 3 heterocycles. The highest BCUT2D eigenvalue weighted by Crippen LogP contribution is 2.48. The number of esters is 1. The standard InChI is InChI=1S/C17H21NO4/c1-18-13-7-11(8-14(18)16-15(13)22-16)21-17(20)12(9-19)10-5-3-2-4-6-10/h2-6,11-16,19H,7-9H2,1H3/t11?,12?,13-,14+,15-,16+/i1D3. The van der Waals surface area contributed by atoms with Gasteiger partial charge in [-0.15, -0.1) is 0 Å². The van der Waals surface area contributed by atoms with Crippen molar-refractivity contribution in [3.05, 3.63) is 35.9 Å². The molecule has 5 heteroatoms. The zero-order valence-corrected chi connectivity index (χ0v) is 12.1. The number of nitrogens with zero attached hydrogens (tertiary/aromatic N) is 1. The van der Waals surface area contributed by atoms with Gasteiger partial charge in [0.25, 0.3) is 0 Å². The second kappa shape index (κ2) is 5.33. The quantitative estimate of drug-likeness (QED) is 0.662. The van der Waals surface area contributed by atoms with E-state index in [4.69, 9.17) is 13.6 Å². The van der Waals surface area contributed by atoms with Crippen LogP contribution < -0.4 is 0 Å². The number of epoxide rings is 1. The van der Waals surface area contributed by atoms with Crippen LogP contribution in [0.1, 0.15) is 28.4 Å². The third-order valence-corrected chi connectivity index (χ3v) is 5.00. The molecule has 0 amide bonds. The molecule has 2 unspecified atom stereocenters. The fourth-order valence-electron chi connectivity index (χ4n) is 3.79. The molecule has 0 spiro atoms. The molecule has 3 fully saturated rings. The highest BCUT2D eigenvalue weighted by molar-refractivity contribution is 5.78. The summed E-state index contributed by atoms with van der Waals surface area (Å²) in [7, 11) is 0. The summed E-state index contributed by atoms with van der Waals surface area (Å²) < 4.78 is 34.4. The number of carbonyl (C=O) groups is 1. The summed E-state index contributed by atoms with van der Waals surface area (Å²) in [5, 5.41) is 9.59. The van der Waals surface area contributed by atoms with Gasteiger partial charge in [0.1, 0.15) is 24.2 Å². The third kappa shape index (κ3) is 2.24. The fourth-order valence-corrected chi connectivity index (χ4v) is 3.79. The molecule has 4 rings (SSSR count). The molecule has 118 valence electrons. The second-order valence-electron chi connectivity index (χ2n) is 6.28. The Morgan fingerprint density at radius 2 is 2.09 bits per heavy atom. The lowest BCUT2D eigenvalue weighted by molar-refractivity contribution is -0.156. The number of aliphatic hydroxyl groups is 1. The summed E-state index contributed by atoms with van der Waals surface area (Å²) in [6, 6.07) is 8.56. The number of piperidine rings is 1. The van der Waals surface area contributed by atoms with Gasteiger partial charge < -0.3 is 14.6 Å². The first-order valence-corrected chi connectivity index (χ1v) is 7.70. The molecule has 3 saturated heterocycles. The van der Waals surface area contributed by atoms with Crippen molar-refractivity contribution < 1.29 is 23.5 Å². The summed E-state index contributed by atoms with van der Waals surface area (Å²) >= 11 is 0. The van der Waals surface area contributed by atoms with E-state index < -0.39 is 18.9 Å². The number of aliphatic hydroxyl groups excluding tert-OH is 1. The van der Waals surface area contributed by atoms with Gasteiger partial charge in [-0.05, 0) is 12.5 Å². The fraction of sp³-hybridized carbons (Fsp3) is 0.588. The number of rotatable bonds is 4. The first kappa shape index (κ1) is 11.2. The Labute approximate surface area is 134 Å². The molecule has 0 radical (unpaired) electrons. The molecule has 0 aliphatic carbocycles. The molecule has 5 nitrogen and oxygen atoms in total. The Balaban J connectivity index is 1.44. The second-order valence-corrected chi connectivity index (χ2v) is 6.28. The summed E-state index contributed by atoms with van der Waals surface area (Å²) in [6.45, 7) is -2.48. The molecular formula is C17H21NO4. The lowest BCUT2D eigenvalue weighted by atomic mass is 9.97. The topological polar surface area (TPSA) is 62.3 Å². The average Bonchev–Trinajstić information content (AvgIpc) is 3.31. The van der Waals surface area contributed by atoms with Crippen LogP contribution in [0.3, 0.4) is 0 Å². The molecule has 1 N–H and O–H groups in total. The molecule has 0 aromatic heterocycles. The van der Waals surface area contributed by atoms with Crippen molar-refractivity contribution in [1.82, 2.24) is 4.90 Å². The van der Waals surface area contributed by atoms with Crippen LogP contribution in [0, 0.1) is 0 Å². The lowest BCUT2D eigenvalue weighted by Crippen LogP contribution is -2.48. The number of carbonyl (C=O) groups excluding carboxylic acids is 1. The van der Waals surface area contributed by atoms with Crippen molar-refractivity contribution in [2.24, 2.45) is 0 Å². The number of hydrogen-bond acceptors (Lipinski definition) is 5. The van der Waals surface area contributed by atoms with E-state index >= 15 is 0 Å². The van der Waals surface area contributed by atoms with Crippen LogP contribution in [0.2, 0.25) is 0 Å². The van der Waals surface area contributed by atoms with Crippen molar-refractivity contribution in [3.8, 4) is 0 Å². The highest BCUT2D eigenvalue weighted by Gasteiger charge is 2.62. The van der Waals surface area contributed by atoms with Gasteiger partial charge in [0, 0.05) is 29.0 Å². The van der Waals surface area contributed by atoms with Crippen molar-refractivity contribution in [2.75, 3.05) is 13.6 Å². The van der Waals surface area contributed by atoms with Gasteiger partial charge in [0.05, 0.1) is 6.61 Å². The molecule has 22 heavy (non-hydrogen) atoms. The smallest absolute Gasteiger partial charge is 0.316 e. The van der Waals surface area contributed by atoms with Crippen LogP contribution >= 0.6 is 0 Å². The molecular weight excluding hydrogens is 282 g/mol. The van der Waals surface area contributed by atoms with E-state index in [1.54, 1.807) is 17.0 Å². The van der Waals surface area contributed by atoms with Crippen molar-refractivity contribution in [1.29, 1.82) is 0 Å². The summed E-state index contributed by atoms with van der Waals surface area (Å²) in [5.74, 6) is -1.18. The third-order valence-electron chi connectivity index (χ3n) is 5.00. The number of fused-ring (bicyclic) bond motifs is 5. The van der Waals surface area contributed by atoms with Gasteiger partial charge in [-0.25, -0.2) is 0 Å². The Bertz CT molecular complexity index is 635. The first-order valence-electron chi connectivity index (χ1n) is 9.20. The zero-order valence-electron chi connectivity index (χ0n) is 15.1. The maximum Gasteiger partial charge on any atom is 0.316 e. The van der Waals surface area contributed by atoms with E-state index in [1.807, 2.05) is 18.2 Å². The number of likely N-dealkylation sites (N-methyl/N-ethyl adjacent to an activating group) is 1. The van der Waals surface area contributed by atoms with Crippen LogP contribution in [0.4, 0.5) is 0 Å². The van der Waals surface area contributed by atoms with Gasteiger partial charge in [-0.2, -0.15) is 0 Å². The Morgan fingerprint density at radius 1 is 1.41 bits per heavy atom. The van der Waals surface area contributed by atoms with Crippen LogP contribution in [0.15, 0.2) is 30.3 Å². The van der Waals surface area contributed by atoms with E-state index in [-0.39, 0.29) is 37.0 Å². The van der Waals surface area contributed by atoms with Crippen molar-refractivity contribution in [2.45, 2.75) is 49.2 Å². The zero-order chi connectivity index (χ0) is 17.8. The maximum absolute atomic E-state index is 12.5. The van der Waals surface area contributed by atoms with E-state index in [0.29, 0.717) is 18.4 Å². The molecule has 3 aliphatic rings. The lowest BCUT2D eigenvalue weighted by Gasteiger charge is -2.38. The number of ether oxygens (including phenoxy) is 2. The average molecular weight is 306 g/mol. The van der Waals surface area contributed by atoms with E-state index in [9.17, 15) is 9.90 Å². The predicted molar refractivity (Wildman–Crippen MR) is 79.4 cm³/mol. The van der Waals surface area contributed by atoms with Crippen molar-refractivity contribution >= 4 is 5.97 Å². The molecule has 1 aromatic rings. The van der Waals surface area contributed by atoms with Gasteiger partial charge in [0.15, 0.2) is 0 Å². The Hall–Kier alpha value is -1.43. The van der Waals surface area contributed by atoms with Crippen LogP contribution in [0.25, 0.3) is 0 Å². The number of benzene rings is 1. The highest BCUT2D eigenvalue weighted by atomic mass is 16.6. The van der Waals surface area contributed by atoms with Crippen LogP contribution in [-0.4, -0.2) is 60.0 Å². The van der Waals surface area contributed by atoms with Crippen LogP contribution in [-0.2, 0) is 14.3 Å². The molecule has 3 aliphatic heterocycles. The predicted octanol–water partition coefficient (Wildman–Crippen LogP) is 0.918. The minimum absolute atomic E-state index is 0.0584. The largest absolute Gasteiger partial charge is 0.462 e. The number of morpholine rings is 1. The van der Waals surface area contributed by atoms with Crippen molar-refractivity contribution in [3.63, 3.8) is 0 Å². The van der Waals surface area contributed by atoms with Gasteiger partial charge in [-0.3, -0.25) is 9.69 Å². The maximum atomic E-state index is 12.5. The number of hydrogen-bond donors (Lipinski definition) is 1. The van der Waals surface area contributed by atoms with Gasteiger partial charge in [0.2, 0.25) is 0 Å². The monoisotopic (exact) mass is 306 g/mol. The minimum Gasteiger partial charge on any atom is -0.462 e. The molecule has 1 aromatic carbocycles. The van der Waals surface area contributed by atoms with E-state index in [2.05, 4.69) is 0 Å². The minimum atomic E-state index is -2.15. The first-order chi connectivity index (χ1) is 11.9. The molecule has 6 atom stereocenters. The summed E-state index contributed by atoms with van der Waals surface area (Å²) in [4.78, 5) is 14.1. The van der Waals surface area contributed by atoms with E-state index in [1.165, 1.54) is 0 Å². The molecule has 0 saturated carbocycles. The molecule has 2 bridgehead atoms. The Morgan fingerprint density at radius 3 is 2.68 bits per heavy atom. The van der Waals surface area contributed by atoms with E-state index in [0.717, 1.165) is 0 Å². The Kier molecular flexibility index (Phi) is 2.71. The normalized spacial score (nSPS) is 40.0. The summed E-state index contributed by atoms with van der Waals surface area (Å²) in [5.41, 5.74) is 0.712. The summed E-state index contributed by atoms with van der Waals surface area (Å²) in [6.07, 6.45) is 0.452. The van der Waals surface area contributed by atoms with Gasteiger partial charge >= 0.3 is 5.97 Å². The SMILES string of the molecule is [2H]C([2H])([2H])N1[C@@H]2CC(OC(=O)C(CO)c3ccccc3)C[C@H]1[C@@H]1O[C@@H]12. The van der Waals surface area contributed by atoms with Crippen LogP contribution in [0.5, 0.6) is 0 Å². The van der Waals surface area contributed by atoms with Gasteiger partial charge in [-0.1, -0.05) is 30.3 Å².